The first-order chi connectivity index (χ1) is 16.4. The van der Waals surface area contributed by atoms with Gasteiger partial charge in [-0.2, -0.15) is 5.21 Å². The highest BCUT2D eigenvalue weighted by atomic mass is 16.7. The maximum absolute atomic E-state index is 13.4. The van der Waals surface area contributed by atoms with Gasteiger partial charge in [-0.05, 0) is 66.1 Å². The van der Waals surface area contributed by atoms with Crippen LogP contribution in [0.5, 0.6) is 11.5 Å². The topological polar surface area (TPSA) is 106 Å². The first-order valence-electron chi connectivity index (χ1n) is 11.7. The second-order valence-corrected chi connectivity index (χ2v) is 10.1. The minimum atomic E-state index is -0.392. The average Bonchev–Trinajstić information content (AvgIpc) is 3.20. The van der Waals surface area contributed by atoms with Crippen LogP contribution in [-0.4, -0.2) is 38.2 Å². The number of Topliss-reactive ketones (excluding diaryl/α,β-unsaturated/α-hetero) is 1. The maximum Gasteiger partial charge on any atom is 0.231 e. The molecule has 1 aliphatic carbocycles. The summed E-state index contributed by atoms with van der Waals surface area (Å²) in [5.41, 5.74) is 3.85. The van der Waals surface area contributed by atoms with Crippen LogP contribution in [0.4, 0.5) is 0 Å². The second-order valence-electron chi connectivity index (χ2n) is 10.1. The molecule has 0 saturated heterocycles. The van der Waals surface area contributed by atoms with E-state index in [2.05, 4.69) is 63.7 Å². The van der Waals surface area contributed by atoms with Crippen LogP contribution < -0.4 is 9.47 Å². The van der Waals surface area contributed by atoms with Crippen molar-refractivity contribution in [3.63, 3.8) is 0 Å². The summed E-state index contributed by atoms with van der Waals surface area (Å²) in [5.74, 6) is 2.48. The van der Waals surface area contributed by atoms with Gasteiger partial charge in [0.25, 0.3) is 0 Å². The molecule has 0 amide bonds. The fourth-order valence-electron chi connectivity index (χ4n) is 4.91. The van der Waals surface area contributed by atoms with Crippen molar-refractivity contribution in [2.75, 3.05) is 6.79 Å². The highest BCUT2D eigenvalue weighted by molar-refractivity contribution is 5.95. The van der Waals surface area contributed by atoms with E-state index in [1.807, 2.05) is 18.2 Å². The highest BCUT2D eigenvalue weighted by Crippen LogP contribution is 2.51. The number of hydrogen-bond donors (Lipinski definition) is 2. The zero-order valence-electron chi connectivity index (χ0n) is 19.4. The highest BCUT2D eigenvalue weighted by Gasteiger charge is 2.50. The molecule has 0 unspecified atom stereocenters. The van der Waals surface area contributed by atoms with Gasteiger partial charge >= 0.3 is 0 Å². The predicted octanol–water partition coefficient (Wildman–Crippen LogP) is 4.16. The van der Waals surface area contributed by atoms with E-state index in [-0.39, 0.29) is 18.0 Å². The molecular formula is C26H27N5O3. The summed E-state index contributed by atoms with van der Waals surface area (Å²) in [6.07, 6.45) is 3.84. The van der Waals surface area contributed by atoms with Crippen LogP contribution in [0.1, 0.15) is 55.8 Å². The Morgan fingerprint density at radius 2 is 1.94 bits per heavy atom. The van der Waals surface area contributed by atoms with Crippen LogP contribution in [0.25, 0.3) is 10.9 Å². The normalized spacial score (nSPS) is 16.2. The molecule has 0 atom stereocenters. The number of fused-ring (bicyclic) bond motifs is 2. The van der Waals surface area contributed by atoms with Gasteiger partial charge in [0, 0.05) is 29.5 Å². The first-order valence-corrected chi connectivity index (χ1v) is 11.7. The van der Waals surface area contributed by atoms with E-state index in [1.54, 1.807) is 0 Å². The van der Waals surface area contributed by atoms with Crippen molar-refractivity contribution < 1.29 is 14.3 Å². The van der Waals surface area contributed by atoms with E-state index in [4.69, 9.17) is 9.47 Å². The molecule has 174 valence electrons. The third-order valence-electron chi connectivity index (χ3n) is 7.35. The number of carbonyl (C=O) groups is 1. The molecule has 0 radical (unpaired) electrons. The molecule has 2 aliphatic rings. The standard InChI is InChI=1S/C26H27N5O3/c1-25(2,8-7-24-28-30-31-29-24)22-13-17-11-16(3-5-19(17)27-22)12-23(32)26(9-10-26)18-4-6-20-21(14-18)34-15-33-20/h3-6,11,13-14,27H,7-10,12,15H2,1-2H3,(H,28,29,30,31). The van der Waals surface area contributed by atoms with E-state index in [1.165, 1.54) is 0 Å². The molecule has 0 spiro atoms. The Bertz CT molecular complexity index is 1370. The number of H-pyrrole nitrogens is 2. The minimum Gasteiger partial charge on any atom is -0.454 e. The van der Waals surface area contributed by atoms with Crippen molar-refractivity contribution in [3.8, 4) is 11.5 Å². The predicted molar refractivity (Wildman–Crippen MR) is 126 cm³/mol. The number of aromatic amines is 2. The number of ketones is 1. The smallest absolute Gasteiger partial charge is 0.231 e. The fraction of sp³-hybridized carbons (Fsp3) is 0.385. The number of nitrogens with zero attached hydrogens (tertiary/aromatic N) is 3. The Morgan fingerprint density at radius 1 is 1.09 bits per heavy atom. The van der Waals surface area contributed by atoms with Crippen molar-refractivity contribution >= 4 is 16.7 Å². The van der Waals surface area contributed by atoms with Crippen molar-refractivity contribution in [2.24, 2.45) is 0 Å². The van der Waals surface area contributed by atoms with E-state index in [9.17, 15) is 4.79 Å². The lowest BCUT2D eigenvalue weighted by Crippen LogP contribution is -2.22. The van der Waals surface area contributed by atoms with E-state index in [0.29, 0.717) is 6.42 Å². The Labute approximate surface area is 197 Å². The Balaban J connectivity index is 1.19. The largest absolute Gasteiger partial charge is 0.454 e. The van der Waals surface area contributed by atoms with Gasteiger partial charge in [0.15, 0.2) is 17.3 Å². The summed E-state index contributed by atoms with van der Waals surface area (Å²) in [6, 6.07) is 14.4. The van der Waals surface area contributed by atoms with E-state index in [0.717, 1.165) is 70.7 Å². The molecule has 6 rings (SSSR count). The number of aryl methyl sites for hydroxylation is 1. The van der Waals surface area contributed by atoms with Gasteiger partial charge in [-0.3, -0.25) is 4.79 Å². The quantitative estimate of drug-likeness (QED) is 0.412. The summed E-state index contributed by atoms with van der Waals surface area (Å²) >= 11 is 0. The van der Waals surface area contributed by atoms with E-state index >= 15 is 0 Å². The molecule has 8 nitrogen and oxygen atoms in total. The third-order valence-corrected chi connectivity index (χ3v) is 7.35. The second kappa shape index (κ2) is 7.68. The summed E-state index contributed by atoms with van der Waals surface area (Å²) < 4.78 is 11.0. The van der Waals surface area contributed by atoms with Gasteiger partial charge < -0.3 is 14.5 Å². The Kier molecular flexibility index (Phi) is 4.72. The fourth-order valence-corrected chi connectivity index (χ4v) is 4.91. The van der Waals surface area contributed by atoms with Crippen LogP contribution in [0.15, 0.2) is 42.5 Å². The lowest BCUT2D eigenvalue weighted by molar-refractivity contribution is -0.120. The van der Waals surface area contributed by atoms with Gasteiger partial charge in [0.05, 0.1) is 5.41 Å². The number of aromatic nitrogens is 5. The van der Waals surface area contributed by atoms with Gasteiger partial charge in [0.2, 0.25) is 6.79 Å². The van der Waals surface area contributed by atoms with Crippen molar-refractivity contribution in [1.82, 2.24) is 25.6 Å². The van der Waals surface area contributed by atoms with Crippen LogP contribution in [0, 0.1) is 0 Å². The zero-order chi connectivity index (χ0) is 23.3. The van der Waals surface area contributed by atoms with Crippen LogP contribution in [0.2, 0.25) is 0 Å². The first kappa shape index (κ1) is 20.9. The molecule has 3 heterocycles. The Morgan fingerprint density at radius 3 is 2.74 bits per heavy atom. The molecule has 1 aliphatic heterocycles. The third kappa shape index (κ3) is 3.63. The molecular weight excluding hydrogens is 430 g/mol. The zero-order valence-corrected chi connectivity index (χ0v) is 19.4. The summed E-state index contributed by atoms with van der Waals surface area (Å²) in [6.45, 7) is 4.67. The Hall–Kier alpha value is -3.68. The van der Waals surface area contributed by atoms with Crippen molar-refractivity contribution in [2.45, 2.75) is 56.8 Å². The van der Waals surface area contributed by atoms with Crippen LogP contribution in [0.3, 0.4) is 0 Å². The van der Waals surface area contributed by atoms with Gasteiger partial charge in [-0.1, -0.05) is 31.2 Å². The summed E-state index contributed by atoms with van der Waals surface area (Å²) in [7, 11) is 0. The SMILES string of the molecule is CC(C)(CCc1nn[nH]n1)c1cc2cc(CC(=O)C3(c4ccc5c(c4)OCO5)CC3)ccc2[nH]1. The molecule has 8 heteroatoms. The molecule has 1 fully saturated rings. The summed E-state index contributed by atoms with van der Waals surface area (Å²) in [4.78, 5) is 17.0. The number of nitrogens with one attached hydrogen (secondary N) is 2. The molecule has 34 heavy (non-hydrogen) atoms. The van der Waals surface area contributed by atoms with Crippen molar-refractivity contribution in [3.05, 3.63) is 65.1 Å². The number of rotatable bonds is 8. The number of benzene rings is 2. The maximum atomic E-state index is 13.4. The van der Waals surface area contributed by atoms with Crippen LogP contribution in [-0.2, 0) is 28.5 Å². The number of tetrazole rings is 1. The van der Waals surface area contributed by atoms with E-state index < -0.39 is 5.41 Å². The molecule has 2 N–H and O–H groups in total. The molecule has 0 bridgehead atoms. The molecule has 1 saturated carbocycles. The molecule has 2 aromatic heterocycles. The van der Waals surface area contributed by atoms with Gasteiger partial charge in [-0.15, -0.1) is 10.2 Å². The van der Waals surface area contributed by atoms with Gasteiger partial charge in [-0.25, -0.2) is 0 Å². The lowest BCUT2D eigenvalue weighted by Gasteiger charge is -2.22. The van der Waals surface area contributed by atoms with Crippen LogP contribution >= 0.6 is 0 Å². The lowest BCUT2D eigenvalue weighted by atomic mass is 9.84. The minimum absolute atomic E-state index is 0.0763. The van der Waals surface area contributed by atoms with Gasteiger partial charge in [0.1, 0.15) is 5.78 Å². The molecule has 2 aromatic carbocycles. The van der Waals surface area contributed by atoms with Crippen molar-refractivity contribution in [1.29, 1.82) is 0 Å². The summed E-state index contributed by atoms with van der Waals surface area (Å²) in [5, 5.41) is 15.4. The average molecular weight is 458 g/mol. The molecule has 4 aromatic rings. The number of hydrogen-bond acceptors (Lipinski definition) is 6. The monoisotopic (exact) mass is 457 g/mol. The number of carbonyl (C=O) groups excluding carboxylic acids is 1. The number of ether oxygens (including phenoxy) is 2.